The predicted molar refractivity (Wildman–Crippen MR) is 120 cm³/mol. The molecule has 0 aliphatic carbocycles. The van der Waals surface area contributed by atoms with Crippen LogP contribution in [0, 0.1) is 11.7 Å². The molecule has 0 aromatic heterocycles. The maximum atomic E-state index is 14.0. The van der Waals surface area contributed by atoms with E-state index >= 15 is 0 Å². The molecule has 170 valence electrons. The number of nitrogens with zero attached hydrogens (tertiary/aromatic N) is 1. The molecule has 5 nitrogen and oxygen atoms in total. The average Bonchev–Trinajstić information content (AvgIpc) is 2.99. The maximum Gasteiger partial charge on any atom is 0.410 e. The van der Waals surface area contributed by atoms with E-state index in [1.165, 1.54) is 6.07 Å². The molecule has 7 heteroatoms. The minimum atomic E-state index is -1.88. The van der Waals surface area contributed by atoms with E-state index in [0.717, 1.165) is 6.42 Å². The lowest BCUT2D eigenvalue weighted by molar-refractivity contribution is 0.0285. The SMILES string of the molecule is CC(C)(C)OC(=O)N1CC(CCO[Si](C)(C)C(C)(C)C)C(c2cccc(F)c2O)C1. The summed E-state index contributed by atoms with van der Waals surface area (Å²) in [5.74, 6) is -1.09. The largest absolute Gasteiger partial charge is 0.505 e. The summed E-state index contributed by atoms with van der Waals surface area (Å²) >= 11 is 0. The first kappa shape index (κ1) is 24.7. The van der Waals surface area contributed by atoms with Crippen molar-refractivity contribution in [2.24, 2.45) is 5.92 Å². The molecule has 30 heavy (non-hydrogen) atoms. The number of phenolic OH excluding ortho intramolecular Hbond substituents is 1. The predicted octanol–water partition coefficient (Wildman–Crippen LogP) is 5.89. The molecule has 2 atom stereocenters. The van der Waals surface area contributed by atoms with Gasteiger partial charge in [0, 0.05) is 31.2 Å². The van der Waals surface area contributed by atoms with E-state index in [1.54, 1.807) is 17.0 Å². The number of ether oxygens (including phenoxy) is 1. The molecule has 2 rings (SSSR count). The fourth-order valence-electron chi connectivity index (χ4n) is 3.50. The van der Waals surface area contributed by atoms with Crippen molar-refractivity contribution in [3.63, 3.8) is 0 Å². The van der Waals surface area contributed by atoms with Gasteiger partial charge in [0.15, 0.2) is 19.9 Å². The normalized spacial score (nSPS) is 20.5. The summed E-state index contributed by atoms with van der Waals surface area (Å²) in [5, 5.41) is 10.4. The second-order valence-corrected chi connectivity index (χ2v) is 15.6. The van der Waals surface area contributed by atoms with Gasteiger partial charge in [-0.25, -0.2) is 9.18 Å². The van der Waals surface area contributed by atoms with Gasteiger partial charge in [-0.2, -0.15) is 0 Å². The lowest BCUT2D eigenvalue weighted by Gasteiger charge is -2.36. The molecule has 1 aliphatic rings. The third-order valence-corrected chi connectivity index (χ3v) is 10.8. The monoisotopic (exact) mass is 439 g/mol. The molecule has 1 aromatic rings. The summed E-state index contributed by atoms with van der Waals surface area (Å²) < 4.78 is 25.9. The van der Waals surface area contributed by atoms with Crippen LogP contribution < -0.4 is 0 Å². The van der Waals surface area contributed by atoms with Gasteiger partial charge < -0.3 is 19.2 Å². The molecule has 1 aromatic carbocycles. The summed E-state index contributed by atoms with van der Waals surface area (Å²) in [6.07, 6.45) is 0.350. The van der Waals surface area contributed by atoms with Crippen LogP contribution in [0.5, 0.6) is 5.75 Å². The highest BCUT2D eigenvalue weighted by atomic mass is 28.4. The zero-order valence-electron chi connectivity index (χ0n) is 19.7. The van der Waals surface area contributed by atoms with Crippen LogP contribution in [-0.2, 0) is 9.16 Å². The number of rotatable bonds is 5. The highest BCUT2D eigenvalue weighted by molar-refractivity contribution is 6.74. The van der Waals surface area contributed by atoms with Crippen LogP contribution in [0.25, 0.3) is 0 Å². The van der Waals surface area contributed by atoms with Gasteiger partial charge in [-0.3, -0.25) is 0 Å². The minimum Gasteiger partial charge on any atom is -0.505 e. The van der Waals surface area contributed by atoms with Gasteiger partial charge in [0.2, 0.25) is 0 Å². The first-order chi connectivity index (χ1) is 13.6. The zero-order valence-corrected chi connectivity index (χ0v) is 20.7. The number of hydrogen-bond acceptors (Lipinski definition) is 4. The van der Waals surface area contributed by atoms with Crippen molar-refractivity contribution in [1.82, 2.24) is 4.90 Å². The van der Waals surface area contributed by atoms with Gasteiger partial charge in [0.05, 0.1) is 0 Å². The highest BCUT2D eigenvalue weighted by Crippen LogP contribution is 2.41. The zero-order chi connectivity index (χ0) is 22.9. The number of likely N-dealkylation sites (tertiary alicyclic amines) is 1. The van der Waals surface area contributed by atoms with Crippen molar-refractivity contribution in [2.45, 2.75) is 77.6 Å². The Morgan fingerprint density at radius 3 is 2.40 bits per heavy atom. The second kappa shape index (κ2) is 8.87. The summed E-state index contributed by atoms with van der Waals surface area (Å²) in [6.45, 7) is 18.0. The van der Waals surface area contributed by atoms with Crippen LogP contribution in [0.1, 0.15) is 59.4 Å². The van der Waals surface area contributed by atoms with Gasteiger partial charge in [-0.1, -0.05) is 32.9 Å². The van der Waals surface area contributed by atoms with E-state index in [2.05, 4.69) is 33.9 Å². The van der Waals surface area contributed by atoms with E-state index < -0.39 is 19.7 Å². The molecule has 1 heterocycles. The molecule has 0 bridgehead atoms. The number of amides is 1. The van der Waals surface area contributed by atoms with E-state index in [1.807, 2.05) is 20.8 Å². The van der Waals surface area contributed by atoms with Crippen LogP contribution in [-0.4, -0.2) is 49.7 Å². The first-order valence-electron chi connectivity index (χ1n) is 10.7. The Labute approximate surface area is 181 Å². The Hall–Kier alpha value is -1.60. The second-order valence-electron chi connectivity index (χ2n) is 10.8. The lowest BCUT2D eigenvalue weighted by Crippen LogP contribution is -2.41. The molecule has 1 aliphatic heterocycles. The van der Waals surface area contributed by atoms with Crippen molar-refractivity contribution in [3.8, 4) is 5.75 Å². The highest BCUT2D eigenvalue weighted by Gasteiger charge is 2.41. The topological polar surface area (TPSA) is 59.0 Å². The van der Waals surface area contributed by atoms with E-state index in [4.69, 9.17) is 9.16 Å². The summed E-state index contributed by atoms with van der Waals surface area (Å²) in [7, 11) is -1.88. The molecular weight excluding hydrogens is 401 g/mol. The molecule has 1 amide bonds. The number of para-hydroxylation sites is 1. The molecule has 0 spiro atoms. The number of aromatic hydroxyl groups is 1. The molecule has 1 N–H and O–H groups in total. The number of carbonyl (C=O) groups is 1. The van der Waals surface area contributed by atoms with Crippen LogP contribution in [0.2, 0.25) is 18.1 Å². The van der Waals surface area contributed by atoms with Crippen LogP contribution in [0.3, 0.4) is 0 Å². The molecule has 0 radical (unpaired) electrons. The first-order valence-corrected chi connectivity index (χ1v) is 13.6. The number of carbonyl (C=O) groups excluding carboxylic acids is 1. The number of hydrogen-bond donors (Lipinski definition) is 1. The Balaban J connectivity index is 2.19. The summed E-state index contributed by atoms with van der Waals surface area (Å²) in [6, 6.07) is 4.59. The van der Waals surface area contributed by atoms with Crippen molar-refractivity contribution < 1.29 is 23.5 Å². The van der Waals surface area contributed by atoms with Crippen molar-refractivity contribution in [2.75, 3.05) is 19.7 Å². The smallest absolute Gasteiger partial charge is 0.410 e. The third kappa shape index (κ3) is 5.97. The van der Waals surface area contributed by atoms with Crippen molar-refractivity contribution in [1.29, 1.82) is 0 Å². The third-order valence-electron chi connectivity index (χ3n) is 6.27. The summed E-state index contributed by atoms with van der Waals surface area (Å²) in [4.78, 5) is 14.3. The quantitative estimate of drug-likeness (QED) is 0.581. The Bertz CT molecular complexity index is 755. The van der Waals surface area contributed by atoms with E-state index in [-0.39, 0.29) is 28.7 Å². The lowest BCUT2D eigenvalue weighted by atomic mass is 9.86. The average molecular weight is 440 g/mol. The van der Waals surface area contributed by atoms with E-state index in [9.17, 15) is 14.3 Å². The van der Waals surface area contributed by atoms with E-state index in [0.29, 0.717) is 25.3 Å². The fraction of sp³-hybridized carbons (Fsp3) is 0.696. The number of benzene rings is 1. The van der Waals surface area contributed by atoms with Gasteiger partial charge >= 0.3 is 6.09 Å². The Morgan fingerprint density at radius 2 is 1.83 bits per heavy atom. The molecule has 1 fully saturated rings. The Morgan fingerprint density at radius 1 is 1.20 bits per heavy atom. The van der Waals surface area contributed by atoms with Gasteiger partial charge in [0.25, 0.3) is 0 Å². The number of halogens is 1. The maximum absolute atomic E-state index is 14.0. The number of phenols is 1. The fourth-order valence-corrected chi connectivity index (χ4v) is 4.57. The van der Waals surface area contributed by atoms with Gasteiger partial charge in [-0.05, 0) is 57.3 Å². The Kier molecular flexibility index (Phi) is 7.29. The van der Waals surface area contributed by atoms with Crippen molar-refractivity contribution >= 4 is 14.4 Å². The van der Waals surface area contributed by atoms with Gasteiger partial charge in [-0.15, -0.1) is 0 Å². The minimum absolute atomic E-state index is 0.0509. The van der Waals surface area contributed by atoms with Crippen LogP contribution in [0.15, 0.2) is 18.2 Å². The van der Waals surface area contributed by atoms with Gasteiger partial charge in [0.1, 0.15) is 5.60 Å². The molecule has 2 unspecified atom stereocenters. The summed E-state index contributed by atoms with van der Waals surface area (Å²) in [5.41, 5.74) is -0.0460. The molecule has 1 saturated heterocycles. The standard InChI is InChI=1S/C23H38FNO4Si/c1-22(2,3)29-21(27)25-14-16(12-13-28-30(7,8)23(4,5)6)18(15-25)17-10-9-11-19(24)20(17)26/h9-11,16,18,26H,12-15H2,1-8H3. The van der Waals surface area contributed by atoms with Crippen LogP contribution in [0.4, 0.5) is 9.18 Å². The molecular formula is C23H38FNO4Si. The molecule has 0 saturated carbocycles. The van der Waals surface area contributed by atoms with Crippen LogP contribution >= 0.6 is 0 Å². The van der Waals surface area contributed by atoms with Crippen molar-refractivity contribution in [3.05, 3.63) is 29.6 Å².